The van der Waals surface area contributed by atoms with Gasteiger partial charge in [-0.15, -0.1) is 0 Å². The zero-order chi connectivity index (χ0) is 25.2. The number of rotatable bonds is 6. The maximum atomic E-state index is 13.5. The zero-order valence-electron chi connectivity index (χ0n) is 18.9. The maximum Gasteiger partial charge on any atom is 0.274 e. The monoisotopic (exact) mass is 526 g/mol. The predicted octanol–water partition coefficient (Wildman–Crippen LogP) is 5.01. The van der Waals surface area contributed by atoms with Crippen LogP contribution in [0.15, 0.2) is 53.5 Å². The van der Waals surface area contributed by atoms with Gasteiger partial charge < -0.3 is 15.4 Å². The van der Waals surface area contributed by atoms with Gasteiger partial charge in [0.1, 0.15) is 11.3 Å². The predicted molar refractivity (Wildman–Crippen MR) is 134 cm³/mol. The van der Waals surface area contributed by atoms with Gasteiger partial charge in [0.2, 0.25) is 0 Å². The van der Waals surface area contributed by atoms with Crippen molar-refractivity contribution in [2.75, 3.05) is 0 Å². The fourth-order valence-electron chi connectivity index (χ4n) is 4.64. The van der Waals surface area contributed by atoms with Crippen LogP contribution in [0.5, 0.6) is 0 Å². The summed E-state index contributed by atoms with van der Waals surface area (Å²) < 4.78 is 14.9. The molecule has 6 rings (SSSR count). The number of aromatic amines is 1. The summed E-state index contributed by atoms with van der Waals surface area (Å²) in [5, 5.41) is 19.0. The summed E-state index contributed by atoms with van der Waals surface area (Å²) in [5.41, 5.74) is 1.29. The van der Waals surface area contributed by atoms with Crippen LogP contribution in [0.1, 0.15) is 59.3 Å². The van der Waals surface area contributed by atoms with E-state index in [0.29, 0.717) is 50.8 Å². The number of nitrogens with one attached hydrogen (secondary N) is 2. The molecule has 0 spiro atoms. The second-order valence-electron chi connectivity index (χ2n) is 9.52. The molecular weight excluding hydrogens is 506 g/mol. The smallest absolute Gasteiger partial charge is 0.274 e. The highest BCUT2D eigenvalue weighted by Gasteiger charge is 2.49. The van der Waals surface area contributed by atoms with Gasteiger partial charge >= 0.3 is 0 Å². The highest BCUT2D eigenvalue weighted by molar-refractivity contribution is 6.42. The van der Waals surface area contributed by atoms with Gasteiger partial charge in [-0.25, -0.2) is 8.91 Å². The molecule has 1 amide bonds. The average molecular weight is 527 g/mol. The maximum absolute atomic E-state index is 13.5. The molecule has 2 aromatic heterocycles. The second-order valence-corrected chi connectivity index (χ2v) is 10.3. The van der Waals surface area contributed by atoms with Crippen molar-refractivity contribution < 1.29 is 14.3 Å². The Morgan fingerprint density at radius 1 is 1.17 bits per heavy atom. The zero-order valence-corrected chi connectivity index (χ0v) is 20.4. The van der Waals surface area contributed by atoms with Crippen molar-refractivity contribution in [2.24, 2.45) is 0 Å². The topological polar surface area (TPSA) is 99.5 Å². The minimum atomic E-state index is -1.11. The van der Waals surface area contributed by atoms with Crippen LogP contribution in [0.4, 0.5) is 4.39 Å². The molecule has 0 saturated heterocycles. The normalized spacial score (nSPS) is 17.2. The molecule has 184 valence electrons. The average Bonchev–Trinajstić information content (AvgIpc) is 3.79. The van der Waals surface area contributed by atoms with Crippen molar-refractivity contribution in [3.63, 3.8) is 0 Å². The lowest BCUT2D eigenvalue weighted by Gasteiger charge is -2.24. The molecule has 2 fully saturated rings. The van der Waals surface area contributed by atoms with Crippen molar-refractivity contribution >= 4 is 34.6 Å². The van der Waals surface area contributed by atoms with E-state index in [2.05, 4.69) is 15.4 Å². The van der Waals surface area contributed by atoms with Crippen molar-refractivity contribution in [1.29, 1.82) is 0 Å². The molecule has 1 unspecified atom stereocenters. The summed E-state index contributed by atoms with van der Waals surface area (Å²) in [6, 6.07) is 9.98. The molecule has 4 aromatic rings. The SMILES string of the molecule is O=C(NC(c1ccc(F)cc1)C1(O)CC1)c1nn2cc(-c3ccc(Cl)c(Cl)c3)[nH]c(=O)c2c1C1CC1. The number of aliphatic hydroxyl groups is 1. The Hall–Kier alpha value is -3.20. The first-order valence-electron chi connectivity index (χ1n) is 11.6. The molecule has 7 nitrogen and oxygen atoms in total. The highest BCUT2D eigenvalue weighted by Crippen LogP contribution is 2.47. The van der Waals surface area contributed by atoms with E-state index < -0.39 is 23.4 Å². The van der Waals surface area contributed by atoms with Crippen molar-refractivity contribution in [1.82, 2.24) is 19.9 Å². The van der Waals surface area contributed by atoms with Gasteiger partial charge in [-0.3, -0.25) is 9.59 Å². The van der Waals surface area contributed by atoms with Crippen LogP contribution in [0.2, 0.25) is 10.0 Å². The third kappa shape index (κ3) is 4.09. The Morgan fingerprint density at radius 3 is 2.53 bits per heavy atom. The van der Waals surface area contributed by atoms with Crippen molar-refractivity contribution in [2.45, 2.75) is 43.2 Å². The molecule has 2 aromatic carbocycles. The lowest BCUT2D eigenvalue weighted by Crippen LogP contribution is -2.38. The summed E-state index contributed by atoms with van der Waals surface area (Å²) in [5.74, 6) is -0.848. The molecule has 2 heterocycles. The number of H-pyrrole nitrogens is 1. The van der Waals surface area contributed by atoms with Gasteiger partial charge in [0.15, 0.2) is 5.69 Å². The van der Waals surface area contributed by atoms with Crippen molar-refractivity contribution in [3.8, 4) is 11.3 Å². The van der Waals surface area contributed by atoms with E-state index in [1.165, 1.54) is 16.6 Å². The fourth-order valence-corrected chi connectivity index (χ4v) is 4.94. The van der Waals surface area contributed by atoms with E-state index in [9.17, 15) is 19.1 Å². The first-order valence-corrected chi connectivity index (χ1v) is 12.4. The van der Waals surface area contributed by atoms with E-state index in [1.807, 2.05) is 0 Å². The molecule has 2 saturated carbocycles. The Kier molecular flexibility index (Phi) is 5.44. The molecule has 0 aliphatic heterocycles. The van der Waals surface area contributed by atoms with Gasteiger partial charge in [-0.05, 0) is 61.4 Å². The van der Waals surface area contributed by atoms with Gasteiger partial charge in [-0.2, -0.15) is 5.10 Å². The Balaban J connectivity index is 1.41. The minimum Gasteiger partial charge on any atom is -0.387 e. The Labute approximate surface area is 214 Å². The quantitative estimate of drug-likeness (QED) is 0.328. The third-order valence-electron chi connectivity index (χ3n) is 6.87. The van der Waals surface area contributed by atoms with Crippen LogP contribution < -0.4 is 10.9 Å². The first kappa shape index (κ1) is 23.2. The number of amides is 1. The number of hydrogen-bond acceptors (Lipinski definition) is 4. The lowest BCUT2D eigenvalue weighted by molar-refractivity contribution is 0.0756. The molecule has 0 bridgehead atoms. The number of carbonyl (C=O) groups excluding carboxylic acids is 1. The molecular formula is C26H21Cl2FN4O3. The summed E-state index contributed by atoms with van der Waals surface area (Å²) >= 11 is 12.2. The fraction of sp³-hybridized carbons (Fsp3) is 0.269. The number of nitrogens with zero attached hydrogens (tertiary/aromatic N) is 2. The van der Waals surface area contributed by atoms with Crippen LogP contribution in [-0.4, -0.2) is 31.2 Å². The second kappa shape index (κ2) is 8.44. The lowest BCUT2D eigenvalue weighted by atomic mass is 9.98. The van der Waals surface area contributed by atoms with Crippen LogP contribution in [-0.2, 0) is 0 Å². The van der Waals surface area contributed by atoms with Gasteiger partial charge in [0, 0.05) is 11.1 Å². The molecule has 2 aliphatic rings. The number of carbonyl (C=O) groups is 1. The number of hydrogen-bond donors (Lipinski definition) is 3. The standard InChI is InChI=1S/C26H21Cl2FN4O3/c27-17-8-5-15(11-18(17)28)19-12-33-22(25(35)30-19)20(13-1-2-13)21(32-33)24(34)31-23(26(36)9-10-26)14-3-6-16(29)7-4-14/h3-8,11-13,23,36H,1-2,9-10H2,(H,30,35)(H,31,34). The van der Waals surface area contributed by atoms with Crippen LogP contribution in [0, 0.1) is 5.82 Å². The first-order chi connectivity index (χ1) is 17.2. The molecule has 1 atom stereocenters. The molecule has 0 radical (unpaired) electrons. The molecule has 10 heteroatoms. The van der Waals surface area contributed by atoms with E-state index in [-0.39, 0.29) is 17.2 Å². The summed E-state index contributed by atoms with van der Waals surface area (Å²) in [4.78, 5) is 29.6. The number of aromatic nitrogens is 3. The van der Waals surface area contributed by atoms with Crippen LogP contribution in [0.25, 0.3) is 16.8 Å². The number of benzene rings is 2. The highest BCUT2D eigenvalue weighted by atomic mass is 35.5. The minimum absolute atomic E-state index is 0.0495. The molecule has 2 aliphatic carbocycles. The summed E-state index contributed by atoms with van der Waals surface area (Å²) in [7, 11) is 0. The molecule has 3 N–H and O–H groups in total. The Bertz CT molecular complexity index is 1570. The van der Waals surface area contributed by atoms with Crippen LogP contribution in [0.3, 0.4) is 0 Å². The van der Waals surface area contributed by atoms with E-state index >= 15 is 0 Å². The van der Waals surface area contributed by atoms with Crippen molar-refractivity contribution in [3.05, 3.63) is 91.7 Å². The summed E-state index contributed by atoms with van der Waals surface area (Å²) in [6.07, 6.45) is 4.37. The van der Waals surface area contributed by atoms with E-state index in [4.69, 9.17) is 23.2 Å². The summed E-state index contributed by atoms with van der Waals surface area (Å²) in [6.45, 7) is 0. The van der Waals surface area contributed by atoms with Gasteiger partial charge in [-0.1, -0.05) is 41.4 Å². The van der Waals surface area contributed by atoms with E-state index in [1.54, 1.807) is 36.5 Å². The van der Waals surface area contributed by atoms with Crippen LogP contribution >= 0.6 is 23.2 Å². The molecule has 36 heavy (non-hydrogen) atoms. The van der Waals surface area contributed by atoms with Gasteiger partial charge in [0.05, 0.1) is 33.6 Å². The largest absolute Gasteiger partial charge is 0.387 e. The van der Waals surface area contributed by atoms with Gasteiger partial charge in [0.25, 0.3) is 11.5 Å². The number of halogens is 3. The Morgan fingerprint density at radius 2 is 1.89 bits per heavy atom. The van der Waals surface area contributed by atoms with E-state index in [0.717, 1.165) is 12.8 Å². The third-order valence-corrected chi connectivity index (χ3v) is 7.61. The number of fused-ring (bicyclic) bond motifs is 1.